The van der Waals surface area contributed by atoms with Gasteiger partial charge in [-0.05, 0) is 104 Å². The van der Waals surface area contributed by atoms with Crippen LogP contribution in [0.3, 0.4) is 0 Å². The van der Waals surface area contributed by atoms with E-state index >= 15 is 0 Å². The third kappa shape index (κ3) is 4.97. The van der Waals surface area contributed by atoms with Crippen LogP contribution in [-0.4, -0.2) is 41.3 Å². The molecular formula is C36H51N3O4. The van der Waals surface area contributed by atoms with Gasteiger partial charge in [0.25, 0.3) is 0 Å². The molecule has 2 N–H and O–H groups in total. The SMILES string of the molecule is C[C@@H]1CC[C@@]2(OC1)O[C@H]1C[C@H]3[C@@H]4CC=C5C[C@H](NC(=O)CC(=O)NCc6ccccn6)CC[C@]5(C)[C@H]4CC[C@]3(C)[C@H]1[C@@H]2C. The van der Waals surface area contributed by atoms with Gasteiger partial charge in [-0.1, -0.05) is 45.4 Å². The summed E-state index contributed by atoms with van der Waals surface area (Å²) in [5.41, 5.74) is 2.86. The summed E-state index contributed by atoms with van der Waals surface area (Å²) in [6.45, 7) is 11.0. The lowest BCUT2D eigenvalue weighted by Gasteiger charge is -2.58. The quantitative estimate of drug-likeness (QED) is 0.328. The van der Waals surface area contributed by atoms with Crippen molar-refractivity contribution in [2.45, 2.75) is 116 Å². The van der Waals surface area contributed by atoms with Crippen molar-refractivity contribution < 1.29 is 19.1 Å². The van der Waals surface area contributed by atoms with Crippen LogP contribution < -0.4 is 10.6 Å². The monoisotopic (exact) mass is 589 g/mol. The normalized spacial score (nSPS) is 44.9. The summed E-state index contributed by atoms with van der Waals surface area (Å²) < 4.78 is 13.5. The fraction of sp³-hybridized carbons (Fsp3) is 0.750. The van der Waals surface area contributed by atoms with Gasteiger partial charge in [-0.2, -0.15) is 0 Å². The maximum atomic E-state index is 12.8. The van der Waals surface area contributed by atoms with Gasteiger partial charge in [0.15, 0.2) is 5.79 Å². The smallest absolute Gasteiger partial charge is 0.229 e. The molecule has 1 aromatic rings. The zero-order valence-electron chi connectivity index (χ0n) is 26.6. The van der Waals surface area contributed by atoms with Crippen LogP contribution in [0.2, 0.25) is 0 Å². The second-order valence-corrected chi connectivity index (χ2v) is 15.6. The van der Waals surface area contributed by atoms with Crippen molar-refractivity contribution in [3.8, 4) is 0 Å². The Balaban J connectivity index is 0.975. The van der Waals surface area contributed by atoms with Gasteiger partial charge < -0.3 is 20.1 Å². The lowest BCUT2D eigenvalue weighted by molar-refractivity contribution is -0.272. The minimum absolute atomic E-state index is 0.107. The van der Waals surface area contributed by atoms with Crippen LogP contribution in [0.5, 0.6) is 0 Å². The fourth-order valence-corrected chi connectivity index (χ4v) is 11.0. The molecule has 11 atom stereocenters. The van der Waals surface area contributed by atoms with Crippen molar-refractivity contribution in [3.63, 3.8) is 0 Å². The summed E-state index contributed by atoms with van der Waals surface area (Å²) in [6.07, 6.45) is 14.6. The first-order chi connectivity index (χ1) is 20.6. The number of aromatic nitrogens is 1. The summed E-state index contributed by atoms with van der Waals surface area (Å²) in [7, 11) is 0. The number of nitrogens with one attached hydrogen (secondary N) is 2. The fourth-order valence-electron chi connectivity index (χ4n) is 11.0. The molecule has 2 aliphatic heterocycles. The summed E-state index contributed by atoms with van der Waals surface area (Å²) >= 11 is 0. The van der Waals surface area contributed by atoms with Crippen molar-refractivity contribution in [2.75, 3.05) is 6.61 Å². The number of carbonyl (C=O) groups is 2. The Bertz CT molecular complexity index is 1260. The molecule has 0 bridgehead atoms. The molecule has 7 rings (SSSR count). The highest BCUT2D eigenvalue weighted by atomic mass is 16.7. The van der Waals surface area contributed by atoms with Crippen LogP contribution >= 0.6 is 0 Å². The summed E-state index contributed by atoms with van der Waals surface area (Å²) in [6, 6.07) is 5.71. The predicted molar refractivity (Wildman–Crippen MR) is 164 cm³/mol. The summed E-state index contributed by atoms with van der Waals surface area (Å²) in [4.78, 5) is 29.4. The van der Waals surface area contributed by atoms with Crippen LogP contribution in [0.1, 0.15) is 97.6 Å². The lowest BCUT2D eigenvalue weighted by atomic mass is 9.46. The van der Waals surface area contributed by atoms with Gasteiger partial charge in [-0.15, -0.1) is 0 Å². The molecule has 7 heteroatoms. The van der Waals surface area contributed by atoms with E-state index in [1.165, 1.54) is 25.7 Å². The molecule has 7 nitrogen and oxygen atoms in total. The number of fused-ring (bicyclic) bond motifs is 7. The Labute approximate surface area is 257 Å². The number of hydrogen-bond acceptors (Lipinski definition) is 5. The number of nitrogens with zero attached hydrogens (tertiary/aromatic N) is 1. The van der Waals surface area contributed by atoms with E-state index in [1.807, 2.05) is 18.2 Å². The third-order valence-electron chi connectivity index (χ3n) is 13.2. The van der Waals surface area contributed by atoms with Gasteiger partial charge in [-0.25, -0.2) is 0 Å². The van der Waals surface area contributed by atoms with Crippen LogP contribution in [0, 0.1) is 46.3 Å². The van der Waals surface area contributed by atoms with Gasteiger partial charge in [0, 0.05) is 24.6 Å². The molecule has 5 fully saturated rings. The topological polar surface area (TPSA) is 89.5 Å². The minimum Gasteiger partial charge on any atom is -0.353 e. The predicted octanol–water partition coefficient (Wildman–Crippen LogP) is 5.94. The van der Waals surface area contributed by atoms with E-state index in [9.17, 15) is 9.59 Å². The van der Waals surface area contributed by atoms with E-state index in [4.69, 9.17) is 9.47 Å². The first-order valence-corrected chi connectivity index (χ1v) is 17.1. The maximum Gasteiger partial charge on any atom is 0.229 e. The van der Waals surface area contributed by atoms with Crippen LogP contribution in [0.25, 0.3) is 0 Å². The minimum atomic E-state index is -0.346. The van der Waals surface area contributed by atoms with E-state index in [2.05, 4.69) is 49.4 Å². The standard InChI is InChI=1S/C36H51N3O4/c1-22-10-15-36(42-21-22)23(2)33-30(43-36)18-29-27-9-8-24-17-25(11-13-34(24,3)28(27)12-14-35(29,33)4)39-32(41)19-31(40)38-20-26-7-5-6-16-37-26/h5-8,16,22-23,25,27-30,33H,9-15,17-21H2,1-4H3,(H,38,40)(H,39,41)/t22-,23+,25-,27-,28+,29+,30+,33+,34+,35+,36-/m1/s1. The Kier molecular flexibility index (Phi) is 7.52. The number of hydrogen-bond donors (Lipinski definition) is 2. The first-order valence-electron chi connectivity index (χ1n) is 17.1. The first kappa shape index (κ1) is 29.5. The average molecular weight is 590 g/mol. The number of carbonyl (C=O) groups excluding carboxylic acids is 2. The van der Waals surface area contributed by atoms with E-state index in [0.717, 1.165) is 44.4 Å². The molecule has 0 aromatic carbocycles. The largest absolute Gasteiger partial charge is 0.353 e. The lowest BCUT2D eigenvalue weighted by Crippen LogP contribution is -2.53. The Morgan fingerprint density at radius 3 is 2.67 bits per heavy atom. The van der Waals surface area contributed by atoms with Gasteiger partial charge in [0.1, 0.15) is 6.42 Å². The number of ether oxygens (including phenoxy) is 2. The molecule has 0 unspecified atom stereocenters. The van der Waals surface area contributed by atoms with Crippen molar-refractivity contribution >= 4 is 11.8 Å². The van der Waals surface area contributed by atoms with E-state index in [0.29, 0.717) is 53.6 Å². The molecule has 2 saturated heterocycles. The van der Waals surface area contributed by atoms with E-state index in [-0.39, 0.29) is 35.5 Å². The van der Waals surface area contributed by atoms with Gasteiger partial charge in [0.05, 0.1) is 24.9 Å². The molecule has 1 aromatic heterocycles. The van der Waals surface area contributed by atoms with Crippen molar-refractivity contribution in [1.82, 2.24) is 15.6 Å². The van der Waals surface area contributed by atoms with Crippen molar-refractivity contribution in [3.05, 3.63) is 41.7 Å². The molecule has 1 spiro atoms. The summed E-state index contributed by atoms with van der Waals surface area (Å²) in [5, 5.41) is 6.01. The zero-order chi connectivity index (χ0) is 30.0. The van der Waals surface area contributed by atoms with E-state index in [1.54, 1.807) is 11.8 Å². The molecule has 234 valence electrons. The Morgan fingerprint density at radius 2 is 1.91 bits per heavy atom. The van der Waals surface area contributed by atoms with Crippen LogP contribution in [0.15, 0.2) is 36.0 Å². The Morgan fingerprint density at radius 1 is 1.05 bits per heavy atom. The number of amides is 2. The highest BCUT2D eigenvalue weighted by Crippen LogP contribution is 2.70. The number of pyridine rings is 1. The zero-order valence-corrected chi connectivity index (χ0v) is 26.6. The van der Waals surface area contributed by atoms with Crippen LogP contribution in [-0.2, 0) is 25.6 Å². The van der Waals surface area contributed by atoms with Crippen molar-refractivity contribution in [1.29, 1.82) is 0 Å². The summed E-state index contributed by atoms with van der Waals surface area (Å²) in [5.74, 6) is 3.02. The highest BCUT2D eigenvalue weighted by Gasteiger charge is 2.68. The van der Waals surface area contributed by atoms with E-state index < -0.39 is 0 Å². The second kappa shape index (κ2) is 11.0. The highest BCUT2D eigenvalue weighted by molar-refractivity contribution is 5.96. The number of allylic oxidation sites excluding steroid dienone is 1. The van der Waals surface area contributed by atoms with Gasteiger partial charge >= 0.3 is 0 Å². The maximum absolute atomic E-state index is 12.8. The molecule has 0 radical (unpaired) electrons. The molecular weight excluding hydrogens is 538 g/mol. The molecule has 3 heterocycles. The average Bonchev–Trinajstić information content (AvgIpc) is 3.44. The third-order valence-corrected chi connectivity index (χ3v) is 13.2. The number of rotatable bonds is 5. The van der Waals surface area contributed by atoms with Crippen LogP contribution in [0.4, 0.5) is 0 Å². The Hall–Kier alpha value is -2.25. The van der Waals surface area contributed by atoms with Crippen molar-refractivity contribution in [2.24, 2.45) is 46.3 Å². The molecule has 6 aliphatic rings. The molecule has 43 heavy (non-hydrogen) atoms. The molecule has 4 aliphatic carbocycles. The second-order valence-electron chi connectivity index (χ2n) is 15.6. The molecule has 3 saturated carbocycles. The van der Waals surface area contributed by atoms with Gasteiger partial charge in [0.2, 0.25) is 11.8 Å². The van der Waals surface area contributed by atoms with Gasteiger partial charge in [-0.3, -0.25) is 14.6 Å². The molecule has 2 amide bonds.